The Morgan fingerprint density at radius 3 is 2.71 bits per heavy atom. The number of aromatic nitrogens is 1. The van der Waals surface area contributed by atoms with Gasteiger partial charge >= 0.3 is 0 Å². The summed E-state index contributed by atoms with van der Waals surface area (Å²) in [6.45, 7) is 9.57. The molecule has 1 aromatic rings. The summed E-state index contributed by atoms with van der Waals surface area (Å²) >= 11 is 0. The zero-order valence-electron chi connectivity index (χ0n) is 13.4. The van der Waals surface area contributed by atoms with Gasteiger partial charge in [-0.25, -0.2) is 0 Å². The highest BCUT2D eigenvalue weighted by atomic mass is 16.1. The molecular formula is C17H27N3O. The number of aryl methyl sites for hydroxylation is 1. The summed E-state index contributed by atoms with van der Waals surface area (Å²) in [6, 6.07) is 4.05. The average Bonchev–Trinajstić information content (AvgIpc) is 2.48. The summed E-state index contributed by atoms with van der Waals surface area (Å²) in [4.78, 5) is 18.9. The lowest BCUT2D eigenvalue weighted by molar-refractivity contribution is -0.123. The molecule has 1 N–H and O–H groups in total. The molecule has 0 aromatic carbocycles. The first-order valence-corrected chi connectivity index (χ1v) is 8.02. The van der Waals surface area contributed by atoms with Gasteiger partial charge in [-0.1, -0.05) is 13.0 Å². The Labute approximate surface area is 127 Å². The van der Waals surface area contributed by atoms with Crippen molar-refractivity contribution in [1.82, 2.24) is 15.2 Å². The predicted octanol–water partition coefficient (Wildman–Crippen LogP) is 2.69. The van der Waals surface area contributed by atoms with Gasteiger partial charge in [-0.05, 0) is 63.9 Å². The van der Waals surface area contributed by atoms with E-state index in [2.05, 4.69) is 22.1 Å². The second-order valence-corrected chi connectivity index (χ2v) is 6.10. The fourth-order valence-corrected chi connectivity index (χ4v) is 2.89. The minimum Gasteiger partial charge on any atom is -0.350 e. The van der Waals surface area contributed by atoms with Crippen LogP contribution in [0, 0.1) is 12.8 Å². The van der Waals surface area contributed by atoms with Crippen LogP contribution in [0.5, 0.6) is 0 Å². The standard InChI is InChI=1S/C17H27N3O/c1-4-20-9-7-15(8-10-20)11-17(21)19-14(3)16-6-5-13(2)18-12-16/h5-6,12,14-15H,4,7-11H2,1-3H3,(H,19,21)/t14-/m0/s1. The zero-order chi connectivity index (χ0) is 15.2. The maximum atomic E-state index is 12.2. The van der Waals surface area contributed by atoms with E-state index in [1.165, 1.54) is 0 Å². The van der Waals surface area contributed by atoms with Crippen molar-refractivity contribution in [1.29, 1.82) is 0 Å². The Bertz CT molecular complexity index is 450. The van der Waals surface area contributed by atoms with E-state index in [0.717, 1.165) is 43.7 Å². The van der Waals surface area contributed by atoms with Crippen LogP contribution in [-0.2, 0) is 4.79 Å². The summed E-state index contributed by atoms with van der Waals surface area (Å²) in [5.41, 5.74) is 2.06. The number of rotatable bonds is 5. The minimum atomic E-state index is 0.0290. The summed E-state index contributed by atoms with van der Waals surface area (Å²) in [7, 11) is 0. The van der Waals surface area contributed by atoms with Crippen molar-refractivity contribution >= 4 is 5.91 Å². The molecule has 0 bridgehead atoms. The molecule has 0 unspecified atom stereocenters. The van der Waals surface area contributed by atoms with Crippen molar-refractivity contribution in [2.45, 2.75) is 46.1 Å². The predicted molar refractivity (Wildman–Crippen MR) is 85.0 cm³/mol. The Kier molecular flexibility index (Phi) is 5.74. The van der Waals surface area contributed by atoms with Crippen LogP contribution in [0.2, 0.25) is 0 Å². The summed E-state index contributed by atoms with van der Waals surface area (Å²) in [5.74, 6) is 0.703. The van der Waals surface area contributed by atoms with E-state index in [9.17, 15) is 4.79 Å². The molecule has 1 amide bonds. The van der Waals surface area contributed by atoms with Crippen LogP contribution in [-0.4, -0.2) is 35.4 Å². The molecule has 0 saturated carbocycles. The number of pyridine rings is 1. The van der Waals surface area contributed by atoms with Gasteiger partial charge in [0, 0.05) is 18.3 Å². The maximum Gasteiger partial charge on any atom is 0.220 e. The Morgan fingerprint density at radius 1 is 1.43 bits per heavy atom. The van der Waals surface area contributed by atoms with Crippen molar-refractivity contribution in [3.05, 3.63) is 29.6 Å². The van der Waals surface area contributed by atoms with E-state index >= 15 is 0 Å². The third-order valence-corrected chi connectivity index (χ3v) is 4.44. The van der Waals surface area contributed by atoms with Gasteiger partial charge in [0.1, 0.15) is 0 Å². The van der Waals surface area contributed by atoms with Crippen LogP contribution in [0.15, 0.2) is 18.3 Å². The van der Waals surface area contributed by atoms with Gasteiger partial charge in [0.25, 0.3) is 0 Å². The fraction of sp³-hybridized carbons (Fsp3) is 0.647. The molecule has 1 aromatic heterocycles. The quantitative estimate of drug-likeness (QED) is 0.906. The molecule has 1 aliphatic rings. The van der Waals surface area contributed by atoms with Gasteiger partial charge in [0.05, 0.1) is 6.04 Å². The second-order valence-electron chi connectivity index (χ2n) is 6.10. The monoisotopic (exact) mass is 289 g/mol. The van der Waals surface area contributed by atoms with Crippen molar-refractivity contribution in [3.8, 4) is 0 Å². The molecule has 1 aliphatic heterocycles. The van der Waals surface area contributed by atoms with Crippen molar-refractivity contribution in [2.24, 2.45) is 5.92 Å². The average molecular weight is 289 g/mol. The number of likely N-dealkylation sites (tertiary alicyclic amines) is 1. The molecule has 2 heterocycles. The highest BCUT2D eigenvalue weighted by Gasteiger charge is 2.21. The molecule has 0 aliphatic carbocycles. The summed E-state index contributed by atoms with van der Waals surface area (Å²) in [5, 5.41) is 3.10. The number of hydrogen-bond acceptors (Lipinski definition) is 3. The molecule has 1 atom stereocenters. The van der Waals surface area contributed by atoms with Crippen LogP contribution in [0.4, 0.5) is 0 Å². The largest absolute Gasteiger partial charge is 0.350 e. The van der Waals surface area contributed by atoms with Crippen molar-refractivity contribution in [3.63, 3.8) is 0 Å². The molecule has 1 fully saturated rings. The van der Waals surface area contributed by atoms with Gasteiger partial charge in [-0.15, -0.1) is 0 Å². The Morgan fingerprint density at radius 2 is 2.14 bits per heavy atom. The molecule has 2 rings (SSSR count). The first-order chi connectivity index (χ1) is 10.1. The van der Waals surface area contributed by atoms with E-state index in [1.807, 2.05) is 32.2 Å². The zero-order valence-corrected chi connectivity index (χ0v) is 13.4. The third-order valence-electron chi connectivity index (χ3n) is 4.44. The molecule has 116 valence electrons. The van der Waals surface area contributed by atoms with Crippen LogP contribution in [0.1, 0.15) is 50.4 Å². The number of carbonyl (C=O) groups is 1. The van der Waals surface area contributed by atoms with E-state index < -0.39 is 0 Å². The molecule has 4 nitrogen and oxygen atoms in total. The van der Waals surface area contributed by atoms with Crippen LogP contribution >= 0.6 is 0 Å². The van der Waals surface area contributed by atoms with E-state index in [-0.39, 0.29) is 11.9 Å². The number of nitrogens with one attached hydrogen (secondary N) is 1. The van der Waals surface area contributed by atoms with E-state index in [1.54, 1.807) is 0 Å². The lowest BCUT2D eigenvalue weighted by Gasteiger charge is -2.30. The number of nitrogens with zero attached hydrogens (tertiary/aromatic N) is 2. The highest BCUT2D eigenvalue weighted by Crippen LogP contribution is 2.21. The van der Waals surface area contributed by atoms with Gasteiger partial charge < -0.3 is 10.2 Å². The van der Waals surface area contributed by atoms with Gasteiger partial charge in [-0.3, -0.25) is 9.78 Å². The minimum absolute atomic E-state index is 0.0290. The summed E-state index contributed by atoms with van der Waals surface area (Å²) < 4.78 is 0. The first-order valence-electron chi connectivity index (χ1n) is 8.02. The normalized spacial score (nSPS) is 18.4. The van der Waals surface area contributed by atoms with E-state index in [0.29, 0.717) is 12.3 Å². The van der Waals surface area contributed by atoms with Crippen LogP contribution in [0.3, 0.4) is 0 Å². The van der Waals surface area contributed by atoms with Crippen LogP contribution in [0.25, 0.3) is 0 Å². The molecule has 0 spiro atoms. The maximum absolute atomic E-state index is 12.2. The molecule has 0 radical (unpaired) electrons. The van der Waals surface area contributed by atoms with E-state index in [4.69, 9.17) is 0 Å². The first kappa shape index (κ1) is 16.0. The third kappa shape index (κ3) is 4.81. The number of carbonyl (C=O) groups excluding carboxylic acids is 1. The van der Waals surface area contributed by atoms with Gasteiger partial charge in [-0.2, -0.15) is 0 Å². The number of hydrogen-bond donors (Lipinski definition) is 1. The Hall–Kier alpha value is -1.42. The van der Waals surface area contributed by atoms with Crippen molar-refractivity contribution < 1.29 is 4.79 Å². The van der Waals surface area contributed by atoms with Gasteiger partial charge in [0.2, 0.25) is 5.91 Å². The molecule has 1 saturated heterocycles. The SMILES string of the molecule is CCN1CCC(CC(=O)N[C@@H](C)c2ccc(C)nc2)CC1. The fourth-order valence-electron chi connectivity index (χ4n) is 2.89. The van der Waals surface area contributed by atoms with Crippen molar-refractivity contribution in [2.75, 3.05) is 19.6 Å². The van der Waals surface area contributed by atoms with Crippen LogP contribution < -0.4 is 5.32 Å². The Balaban J connectivity index is 1.78. The number of piperidine rings is 1. The topological polar surface area (TPSA) is 45.2 Å². The van der Waals surface area contributed by atoms with Gasteiger partial charge in [0.15, 0.2) is 0 Å². The smallest absolute Gasteiger partial charge is 0.220 e. The lowest BCUT2D eigenvalue weighted by atomic mass is 9.93. The number of amides is 1. The summed E-state index contributed by atoms with van der Waals surface area (Å²) in [6.07, 6.45) is 4.78. The molecule has 21 heavy (non-hydrogen) atoms. The highest BCUT2D eigenvalue weighted by molar-refractivity contribution is 5.76. The lowest BCUT2D eigenvalue weighted by Crippen LogP contribution is -2.36. The molecular weight excluding hydrogens is 262 g/mol. The molecule has 4 heteroatoms. The second kappa shape index (κ2) is 7.55.